The van der Waals surface area contributed by atoms with E-state index in [1.54, 1.807) is 6.07 Å². The van der Waals surface area contributed by atoms with Crippen LogP contribution in [0.4, 0.5) is 10.1 Å². The van der Waals surface area contributed by atoms with Crippen LogP contribution < -0.4 is 4.90 Å². The number of hydrogen-bond donors (Lipinski definition) is 1. The highest BCUT2D eigenvalue weighted by Crippen LogP contribution is 2.20. The van der Waals surface area contributed by atoms with Crippen molar-refractivity contribution in [3.63, 3.8) is 0 Å². The number of carboxylic acids is 1. The summed E-state index contributed by atoms with van der Waals surface area (Å²) in [7, 11) is 0. The van der Waals surface area contributed by atoms with Gasteiger partial charge in [-0.25, -0.2) is 4.39 Å². The fourth-order valence-corrected chi connectivity index (χ4v) is 1.42. The highest BCUT2D eigenvalue weighted by Gasteiger charge is 2.21. The molecule has 1 rings (SSSR count). The zero-order valence-electron chi connectivity index (χ0n) is 9.68. The lowest BCUT2D eigenvalue weighted by atomic mass is 10.1. The minimum Gasteiger partial charge on any atom is -0.481 e. The SMILES string of the molecule is CC(=O)N(CC(C)C(=O)O)c1ccccc1F. The summed E-state index contributed by atoms with van der Waals surface area (Å²) in [5, 5.41) is 8.80. The summed E-state index contributed by atoms with van der Waals surface area (Å²) in [6, 6.07) is 5.79. The van der Waals surface area contributed by atoms with Crippen molar-refractivity contribution >= 4 is 17.6 Å². The molecule has 0 spiro atoms. The number of nitrogens with zero attached hydrogens (tertiary/aromatic N) is 1. The summed E-state index contributed by atoms with van der Waals surface area (Å²) in [6.45, 7) is 2.70. The van der Waals surface area contributed by atoms with Gasteiger partial charge in [-0.2, -0.15) is 0 Å². The highest BCUT2D eigenvalue weighted by molar-refractivity contribution is 5.92. The Kier molecular flexibility index (Phi) is 4.20. The lowest BCUT2D eigenvalue weighted by Crippen LogP contribution is -2.36. The van der Waals surface area contributed by atoms with E-state index in [-0.39, 0.29) is 18.1 Å². The second kappa shape index (κ2) is 5.43. The van der Waals surface area contributed by atoms with Gasteiger partial charge in [0, 0.05) is 13.5 Å². The smallest absolute Gasteiger partial charge is 0.308 e. The van der Waals surface area contributed by atoms with Crippen LogP contribution in [-0.2, 0) is 9.59 Å². The molecule has 1 aromatic rings. The predicted octanol–water partition coefficient (Wildman–Crippen LogP) is 1.90. The van der Waals surface area contributed by atoms with Crippen LogP contribution in [0.2, 0.25) is 0 Å². The fourth-order valence-electron chi connectivity index (χ4n) is 1.42. The van der Waals surface area contributed by atoms with Crippen LogP contribution in [0.15, 0.2) is 24.3 Å². The Balaban J connectivity index is 2.99. The van der Waals surface area contributed by atoms with Gasteiger partial charge in [-0.3, -0.25) is 9.59 Å². The number of carbonyl (C=O) groups is 2. The van der Waals surface area contributed by atoms with E-state index in [0.29, 0.717) is 0 Å². The van der Waals surface area contributed by atoms with Crippen molar-refractivity contribution in [2.75, 3.05) is 11.4 Å². The van der Waals surface area contributed by atoms with Crippen molar-refractivity contribution in [3.05, 3.63) is 30.1 Å². The number of carboxylic acid groups (broad SMARTS) is 1. The Hall–Kier alpha value is -1.91. The van der Waals surface area contributed by atoms with Crippen molar-refractivity contribution in [3.8, 4) is 0 Å². The van der Waals surface area contributed by atoms with E-state index >= 15 is 0 Å². The molecule has 1 atom stereocenters. The van der Waals surface area contributed by atoms with Crippen molar-refractivity contribution in [1.29, 1.82) is 0 Å². The predicted molar refractivity (Wildman–Crippen MR) is 61.2 cm³/mol. The zero-order chi connectivity index (χ0) is 13.0. The van der Waals surface area contributed by atoms with Gasteiger partial charge in [-0.15, -0.1) is 0 Å². The second-order valence-electron chi connectivity index (χ2n) is 3.82. The van der Waals surface area contributed by atoms with Gasteiger partial charge in [-0.05, 0) is 12.1 Å². The molecule has 4 nitrogen and oxygen atoms in total. The molecule has 1 unspecified atom stereocenters. The normalized spacial score (nSPS) is 11.9. The van der Waals surface area contributed by atoms with Gasteiger partial charge in [-0.1, -0.05) is 19.1 Å². The molecule has 0 fully saturated rings. The van der Waals surface area contributed by atoms with Gasteiger partial charge < -0.3 is 10.0 Å². The molecule has 1 amide bonds. The van der Waals surface area contributed by atoms with Crippen molar-refractivity contribution in [2.24, 2.45) is 5.92 Å². The molecular formula is C12H14FNO3. The number of anilines is 1. The number of amides is 1. The molecule has 0 radical (unpaired) electrons. The maximum atomic E-state index is 13.5. The van der Waals surface area contributed by atoms with Crippen LogP contribution in [0, 0.1) is 11.7 Å². The molecule has 0 saturated carbocycles. The maximum absolute atomic E-state index is 13.5. The summed E-state index contributed by atoms with van der Waals surface area (Å²) in [6.07, 6.45) is 0. The summed E-state index contributed by atoms with van der Waals surface area (Å²) in [5.41, 5.74) is 0.105. The molecule has 92 valence electrons. The lowest BCUT2D eigenvalue weighted by Gasteiger charge is -2.23. The molecular weight excluding hydrogens is 225 g/mol. The van der Waals surface area contributed by atoms with E-state index in [9.17, 15) is 14.0 Å². The number of para-hydroxylation sites is 1. The molecule has 0 aliphatic carbocycles. The van der Waals surface area contributed by atoms with Gasteiger partial charge in [0.2, 0.25) is 5.91 Å². The van der Waals surface area contributed by atoms with Crippen LogP contribution >= 0.6 is 0 Å². The Morgan fingerprint density at radius 1 is 1.41 bits per heavy atom. The fraction of sp³-hybridized carbons (Fsp3) is 0.333. The quantitative estimate of drug-likeness (QED) is 0.873. The number of benzene rings is 1. The summed E-state index contributed by atoms with van der Waals surface area (Å²) in [4.78, 5) is 23.3. The maximum Gasteiger partial charge on any atom is 0.308 e. The Morgan fingerprint density at radius 3 is 2.47 bits per heavy atom. The van der Waals surface area contributed by atoms with Crippen LogP contribution in [0.3, 0.4) is 0 Å². The van der Waals surface area contributed by atoms with Gasteiger partial charge in [0.05, 0.1) is 11.6 Å². The third-order valence-electron chi connectivity index (χ3n) is 2.40. The van der Waals surface area contributed by atoms with Crippen molar-refractivity contribution in [2.45, 2.75) is 13.8 Å². The summed E-state index contributed by atoms with van der Waals surface area (Å²) >= 11 is 0. The van der Waals surface area contributed by atoms with Crippen LogP contribution in [0.25, 0.3) is 0 Å². The number of halogens is 1. The number of hydrogen-bond acceptors (Lipinski definition) is 2. The monoisotopic (exact) mass is 239 g/mol. The number of aliphatic carboxylic acids is 1. The highest BCUT2D eigenvalue weighted by atomic mass is 19.1. The van der Waals surface area contributed by atoms with Gasteiger partial charge in [0.1, 0.15) is 5.82 Å². The number of carbonyl (C=O) groups excluding carboxylic acids is 1. The first kappa shape index (κ1) is 13.2. The average Bonchev–Trinajstić information content (AvgIpc) is 2.26. The zero-order valence-corrected chi connectivity index (χ0v) is 9.68. The van der Waals surface area contributed by atoms with E-state index in [0.717, 1.165) is 4.90 Å². The first-order chi connectivity index (χ1) is 7.93. The van der Waals surface area contributed by atoms with E-state index in [2.05, 4.69) is 0 Å². The minimum atomic E-state index is -1.02. The van der Waals surface area contributed by atoms with Gasteiger partial charge in [0.15, 0.2) is 0 Å². The third kappa shape index (κ3) is 3.27. The number of rotatable bonds is 4. The molecule has 17 heavy (non-hydrogen) atoms. The second-order valence-corrected chi connectivity index (χ2v) is 3.82. The largest absolute Gasteiger partial charge is 0.481 e. The van der Waals surface area contributed by atoms with E-state index < -0.39 is 17.7 Å². The summed E-state index contributed by atoms with van der Waals surface area (Å²) < 4.78 is 13.5. The molecule has 0 aliphatic rings. The summed E-state index contributed by atoms with van der Waals surface area (Å²) in [5.74, 6) is -2.70. The van der Waals surface area contributed by atoms with Crippen molar-refractivity contribution < 1.29 is 19.1 Å². The van der Waals surface area contributed by atoms with Gasteiger partial charge >= 0.3 is 5.97 Å². The molecule has 0 aliphatic heterocycles. The molecule has 1 aromatic carbocycles. The van der Waals surface area contributed by atoms with Crippen LogP contribution in [0.1, 0.15) is 13.8 Å². The molecule has 5 heteroatoms. The molecule has 1 N–H and O–H groups in total. The molecule has 0 aromatic heterocycles. The minimum absolute atomic E-state index is 0.0500. The van der Waals surface area contributed by atoms with Crippen LogP contribution in [0.5, 0.6) is 0 Å². The molecule has 0 bridgehead atoms. The first-order valence-electron chi connectivity index (χ1n) is 5.19. The topological polar surface area (TPSA) is 57.6 Å². The molecule has 0 heterocycles. The third-order valence-corrected chi connectivity index (χ3v) is 2.40. The van der Waals surface area contributed by atoms with Crippen LogP contribution in [-0.4, -0.2) is 23.5 Å². The lowest BCUT2D eigenvalue weighted by molar-refractivity contribution is -0.140. The first-order valence-corrected chi connectivity index (χ1v) is 5.19. The van der Waals surface area contributed by atoms with Crippen molar-refractivity contribution in [1.82, 2.24) is 0 Å². The standard InChI is InChI=1S/C12H14FNO3/c1-8(12(16)17)7-14(9(2)15)11-6-4-3-5-10(11)13/h3-6,8H,7H2,1-2H3,(H,16,17). The Bertz CT molecular complexity index is 434. The molecule has 0 saturated heterocycles. The van der Waals surface area contributed by atoms with E-state index in [1.807, 2.05) is 0 Å². The average molecular weight is 239 g/mol. The Morgan fingerprint density at radius 2 is 2.00 bits per heavy atom. The van der Waals surface area contributed by atoms with E-state index in [1.165, 1.54) is 32.0 Å². The Labute approximate surface area is 98.7 Å². The van der Waals surface area contributed by atoms with E-state index in [4.69, 9.17) is 5.11 Å². The van der Waals surface area contributed by atoms with Gasteiger partial charge in [0.25, 0.3) is 0 Å².